The van der Waals surface area contributed by atoms with Crippen LogP contribution in [0.2, 0.25) is 0 Å². The number of hydrogen-bond acceptors (Lipinski definition) is 2. The number of halogens is 4. The summed E-state index contributed by atoms with van der Waals surface area (Å²) in [6.07, 6.45) is -5.85. The smallest absolute Gasteiger partial charge is 0.388 e. The number of nitrogens with two attached hydrogens (primary N) is 1. The molecule has 6 heteroatoms. The molecule has 1 rings (SSSR count). The Labute approximate surface area is 89.7 Å². The van der Waals surface area contributed by atoms with Crippen molar-refractivity contribution >= 4 is 0 Å². The standard InChI is InChI=1S/C10H11F4NO/c11-8-2-1-6(10(12,13)14)5-7(8)9(16)3-4-15/h1-2,5,9,16H,3-4,15H2/t9-/m0/s1. The van der Waals surface area contributed by atoms with Crippen LogP contribution in [0.1, 0.15) is 23.7 Å². The third kappa shape index (κ3) is 2.93. The van der Waals surface area contributed by atoms with E-state index >= 15 is 0 Å². The second-order valence-corrected chi connectivity index (χ2v) is 3.33. The van der Waals surface area contributed by atoms with Crippen molar-refractivity contribution in [2.24, 2.45) is 5.73 Å². The van der Waals surface area contributed by atoms with Gasteiger partial charge in [-0.3, -0.25) is 0 Å². The fourth-order valence-electron chi connectivity index (χ4n) is 1.29. The van der Waals surface area contributed by atoms with Crippen molar-refractivity contribution in [3.8, 4) is 0 Å². The van der Waals surface area contributed by atoms with Crippen LogP contribution in [0, 0.1) is 5.82 Å². The second kappa shape index (κ2) is 4.80. The van der Waals surface area contributed by atoms with Crippen LogP contribution in [0.4, 0.5) is 17.6 Å². The van der Waals surface area contributed by atoms with Gasteiger partial charge in [-0.05, 0) is 31.2 Å². The van der Waals surface area contributed by atoms with Crippen LogP contribution in [0.15, 0.2) is 18.2 Å². The van der Waals surface area contributed by atoms with Gasteiger partial charge in [0.1, 0.15) is 5.82 Å². The summed E-state index contributed by atoms with van der Waals surface area (Å²) in [4.78, 5) is 0. The number of aliphatic hydroxyl groups excluding tert-OH is 1. The Balaban J connectivity index is 3.09. The van der Waals surface area contributed by atoms with Crippen LogP contribution in [0.3, 0.4) is 0 Å². The highest BCUT2D eigenvalue weighted by molar-refractivity contribution is 5.28. The van der Waals surface area contributed by atoms with Crippen LogP contribution in [0.5, 0.6) is 0 Å². The lowest BCUT2D eigenvalue weighted by Crippen LogP contribution is -2.11. The average molecular weight is 237 g/mol. The molecule has 1 atom stereocenters. The fraction of sp³-hybridized carbons (Fsp3) is 0.400. The van der Waals surface area contributed by atoms with Crippen LogP contribution in [0.25, 0.3) is 0 Å². The third-order valence-corrected chi connectivity index (χ3v) is 2.12. The Hall–Kier alpha value is -1.14. The molecule has 0 fully saturated rings. The van der Waals surface area contributed by atoms with Crippen molar-refractivity contribution < 1.29 is 22.7 Å². The van der Waals surface area contributed by atoms with E-state index in [-0.39, 0.29) is 18.5 Å². The molecule has 0 bridgehead atoms. The first-order valence-electron chi connectivity index (χ1n) is 4.61. The molecule has 1 aromatic rings. The molecule has 16 heavy (non-hydrogen) atoms. The van der Waals surface area contributed by atoms with E-state index in [0.717, 1.165) is 0 Å². The van der Waals surface area contributed by atoms with E-state index in [1.807, 2.05) is 0 Å². The minimum absolute atomic E-state index is 0.0121. The molecule has 0 aliphatic heterocycles. The quantitative estimate of drug-likeness (QED) is 0.792. The van der Waals surface area contributed by atoms with Gasteiger partial charge in [0.25, 0.3) is 0 Å². The highest BCUT2D eigenvalue weighted by atomic mass is 19.4. The summed E-state index contributed by atoms with van der Waals surface area (Å²) in [5.41, 5.74) is 3.78. The van der Waals surface area contributed by atoms with Crippen LogP contribution in [-0.2, 0) is 6.18 Å². The van der Waals surface area contributed by atoms with Crippen molar-refractivity contribution in [1.29, 1.82) is 0 Å². The first kappa shape index (κ1) is 12.9. The number of aliphatic hydroxyl groups is 1. The second-order valence-electron chi connectivity index (χ2n) is 3.33. The zero-order valence-corrected chi connectivity index (χ0v) is 8.26. The highest BCUT2D eigenvalue weighted by Crippen LogP contribution is 2.32. The molecule has 0 amide bonds. The number of rotatable bonds is 3. The maximum Gasteiger partial charge on any atom is 0.416 e. The molecule has 0 aromatic heterocycles. The zero-order valence-electron chi connectivity index (χ0n) is 8.26. The molecule has 1 aromatic carbocycles. The number of alkyl halides is 3. The highest BCUT2D eigenvalue weighted by Gasteiger charge is 2.31. The van der Waals surface area contributed by atoms with Gasteiger partial charge in [0.15, 0.2) is 0 Å². The number of hydrogen-bond donors (Lipinski definition) is 2. The topological polar surface area (TPSA) is 46.2 Å². The van der Waals surface area contributed by atoms with E-state index in [1.54, 1.807) is 0 Å². The van der Waals surface area contributed by atoms with Gasteiger partial charge < -0.3 is 10.8 Å². The third-order valence-electron chi connectivity index (χ3n) is 2.12. The Morgan fingerprint density at radius 2 is 1.94 bits per heavy atom. The molecular formula is C10H11F4NO. The molecule has 0 aliphatic rings. The van der Waals surface area contributed by atoms with Crippen LogP contribution < -0.4 is 5.73 Å². The van der Waals surface area contributed by atoms with Gasteiger partial charge in [-0.1, -0.05) is 0 Å². The fourth-order valence-corrected chi connectivity index (χ4v) is 1.29. The first-order valence-corrected chi connectivity index (χ1v) is 4.61. The number of benzene rings is 1. The first-order chi connectivity index (χ1) is 7.36. The molecule has 0 saturated carbocycles. The van der Waals surface area contributed by atoms with E-state index in [2.05, 4.69) is 0 Å². The molecule has 0 radical (unpaired) electrons. The van der Waals surface area contributed by atoms with Gasteiger partial charge in [-0.25, -0.2) is 4.39 Å². The lowest BCUT2D eigenvalue weighted by Gasteiger charge is -2.13. The monoisotopic (exact) mass is 237 g/mol. The summed E-state index contributed by atoms with van der Waals surface area (Å²) in [6, 6.07) is 1.93. The zero-order chi connectivity index (χ0) is 12.3. The molecule has 0 unspecified atom stereocenters. The molecule has 90 valence electrons. The van der Waals surface area contributed by atoms with Gasteiger partial charge in [0.05, 0.1) is 11.7 Å². The molecule has 2 nitrogen and oxygen atoms in total. The van der Waals surface area contributed by atoms with E-state index in [4.69, 9.17) is 5.73 Å². The minimum atomic E-state index is -4.55. The van der Waals surface area contributed by atoms with Gasteiger partial charge in [-0.2, -0.15) is 13.2 Å². The molecule has 0 spiro atoms. The van der Waals surface area contributed by atoms with Gasteiger partial charge >= 0.3 is 6.18 Å². The summed E-state index contributed by atoms with van der Waals surface area (Å²) in [6.45, 7) is 0.0663. The van der Waals surface area contributed by atoms with Gasteiger partial charge in [-0.15, -0.1) is 0 Å². The van der Waals surface area contributed by atoms with Gasteiger partial charge in [0.2, 0.25) is 0 Å². The Morgan fingerprint density at radius 1 is 1.31 bits per heavy atom. The van der Waals surface area contributed by atoms with E-state index in [9.17, 15) is 22.7 Å². The Bertz CT molecular complexity index is 364. The molecule has 0 heterocycles. The maximum absolute atomic E-state index is 13.2. The molecule has 3 N–H and O–H groups in total. The maximum atomic E-state index is 13.2. The molecular weight excluding hydrogens is 226 g/mol. The van der Waals surface area contributed by atoms with Crippen molar-refractivity contribution in [3.05, 3.63) is 35.1 Å². The van der Waals surface area contributed by atoms with E-state index in [0.29, 0.717) is 18.2 Å². The van der Waals surface area contributed by atoms with E-state index in [1.165, 1.54) is 0 Å². The SMILES string of the molecule is NCC[C@H](O)c1cc(C(F)(F)F)ccc1F. The predicted octanol–water partition coefficient (Wildman–Crippen LogP) is 2.23. The largest absolute Gasteiger partial charge is 0.416 e. The summed E-state index contributed by atoms with van der Waals surface area (Å²) >= 11 is 0. The van der Waals surface area contributed by atoms with E-state index < -0.39 is 23.7 Å². The van der Waals surface area contributed by atoms with Crippen molar-refractivity contribution in [2.75, 3.05) is 6.54 Å². The van der Waals surface area contributed by atoms with Crippen molar-refractivity contribution in [3.63, 3.8) is 0 Å². The Kier molecular flexibility index (Phi) is 3.88. The summed E-state index contributed by atoms with van der Waals surface area (Å²) < 4.78 is 50.1. The molecule has 0 saturated heterocycles. The summed E-state index contributed by atoms with van der Waals surface area (Å²) in [5, 5.41) is 9.40. The summed E-state index contributed by atoms with van der Waals surface area (Å²) in [5.74, 6) is -0.867. The minimum Gasteiger partial charge on any atom is -0.388 e. The lowest BCUT2D eigenvalue weighted by molar-refractivity contribution is -0.137. The predicted molar refractivity (Wildman–Crippen MR) is 50.0 cm³/mol. The van der Waals surface area contributed by atoms with Crippen LogP contribution >= 0.6 is 0 Å². The van der Waals surface area contributed by atoms with Crippen molar-refractivity contribution in [1.82, 2.24) is 0 Å². The van der Waals surface area contributed by atoms with Crippen LogP contribution in [-0.4, -0.2) is 11.7 Å². The average Bonchev–Trinajstić information content (AvgIpc) is 2.16. The van der Waals surface area contributed by atoms with Crippen molar-refractivity contribution in [2.45, 2.75) is 18.7 Å². The molecule has 0 aliphatic carbocycles. The summed E-state index contributed by atoms with van der Waals surface area (Å²) in [7, 11) is 0. The normalized spacial score (nSPS) is 13.9. The van der Waals surface area contributed by atoms with Gasteiger partial charge in [0, 0.05) is 5.56 Å². The Morgan fingerprint density at radius 3 is 2.44 bits per heavy atom. The lowest BCUT2D eigenvalue weighted by atomic mass is 10.0.